The second kappa shape index (κ2) is 24.1. The number of nitro groups is 2. The number of hydrogen-bond acceptors (Lipinski definition) is 17. The molecule has 1 N–H and O–H groups in total. The minimum atomic E-state index is -1.28. The quantitative estimate of drug-likeness (QED) is 0.0428. The van der Waals surface area contributed by atoms with Gasteiger partial charge in [-0.25, -0.2) is 14.4 Å². The summed E-state index contributed by atoms with van der Waals surface area (Å²) in [4.78, 5) is 62.5. The number of hydrogen-bond donors (Lipinski definition) is 1. The van der Waals surface area contributed by atoms with Gasteiger partial charge in [0.2, 0.25) is 22.8 Å². The van der Waals surface area contributed by atoms with Gasteiger partial charge in [0.1, 0.15) is 23.6 Å². The third-order valence-corrected chi connectivity index (χ3v) is 7.90. The lowest BCUT2D eigenvalue weighted by Crippen LogP contribution is -2.27. The molecule has 0 bridgehead atoms. The number of rotatable bonds is 11. The lowest BCUT2D eigenvalue weighted by Gasteiger charge is -2.12. The molecule has 0 spiro atoms. The molecule has 0 amide bonds. The van der Waals surface area contributed by atoms with E-state index in [1.165, 1.54) is 46.5 Å². The van der Waals surface area contributed by atoms with Crippen molar-refractivity contribution in [3.63, 3.8) is 0 Å². The van der Waals surface area contributed by atoms with Gasteiger partial charge in [0.05, 0.1) is 51.7 Å². The monoisotopic (exact) mass is 830 g/mol. The number of furan rings is 5. The van der Waals surface area contributed by atoms with Crippen LogP contribution in [0.3, 0.4) is 0 Å². The van der Waals surface area contributed by atoms with Crippen LogP contribution in [0, 0.1) is 20.2 Å². The molecule has 0 unspecified atom stereocenters. The van der Waals surface area contributed by atoms with Crippen LogP contribution in [0.5, 0.6) is 0 Å². The molecule has 0 fully saturated rings. The highest BCUT2D eigenvalue weighted by molar-refractivity contribution is 5.87. The van der Waals surface area contributed by atoms with E-state index < -0.39 is 39.2 Å². The van der Waals surface area contributed by atoms with Crippen molar-refractivity contribution < 1.29 is 70.4 Å². The van der Waals surface area contributed by atoms with Gasteiger partial charge < -0.3 is 41.4 Å². The summed E-state index contributed by atoms with van der Waals surface area (Å²) in [6.45, 7) is 15.2. The second-order valence-electron chi connectivity index (χ2n) is 13.5. The molecule has 0 saturated heterocycles. The Morgan fingerprint density at radius 3 is 1.53 bits per heavy atom. The van der Waals surface area contributed by atoms with Crippen LogP contribution in [0.2, 0.25) is 0 Å². The van der Waals surface area contributed by atoms with Crippen molar-refractivity contribution in [1.82, 2.24) is 0 Å². The van der Waals surface area contributed by atoms with Crippen molar-refractivity contribution in [2.24, 2.45) is 0 Å². The number of ether oxygens (including phenoxy) is 3. The van der Waals surface area contributed by atoms with Crippen molar-refractivity contribution in [3.05, 3.63) is 133 Å². The molecule has 5 aromatic rings. The van der Waals surface area contributed by atoms with Crippen LogP contribution in [-0.2, 0) is 26.4 Å². The van der Waals surface area contributed by atoms with Crippen molar-refractivity contribution in [2.75, 3.05) is 21.3 Å². The van der Waals surface area contributed by atoms with Crippen molar-refractivity contribution in [2.45, 2.75) is 85.3 Å². The largest absolute Gasteiger partial charge is 0.467 e. The minimum Gasteiger partial charge on any atom is -0.467 e. The number of nitrogens with zero attached hydrogens (tertiary/aromatic N) is 2. The maximum Gasteiger partial charge on any atom is 0.433 e. The average molecular weight is 831 g/mol. The molecular weight excluding hydrogens is 780 g/mol. The van der Waals surface area contributed by atoms with E-state index >= 15 is 0 Å². The predicted molar refractivity (Wildman–Crippen MR) is 208 cm³/mol. The van der Waals surface area contributed by atoms with Crippen molar-refractivity contribution in [3.8, 4) is 0 Å². The molecule has 0 aliphatic heterocycles. The zero-order valence-electron chi connectivity index (χ0n) is 34.7. The molecule has 5 aromatic heterocycles. The molecule has 0 aliphatic carbocycles. The standard InChI is InChI=1S/C9H11NO5.C9H12O3.C8H12O2.C8H10O2.C6H5NO5/c1-9(2,10(12)13)6-4-7(15-5-6)8(11)14-3;1-6(2)7-4-8(12-5-7)9(10)11-3;2*1-6(2)7-3-8(4-9)10-5-7;1-11-6(8)4-2-3-5(12-4)7(9)10/h4-5H,1-3H3;4-6H,1-3H3;3,5-6,9H,4H2,1-2H3;3-6H,1-2H3;2-3H,1H3. The Morgan fingerprint density at radius 2 is 1.15 bits per heavy atom. The minimum absolute atomic E-state index is 0.00722. The molecule has 5 rings (SSSR count). The molecule has 322 valence electrons. The number of methoxy groups -OCH3 is 3. The Balaban J connectivity index is 0.000000372. The summed E-state index contributed by atoms with van der Waals surface area (Å²) in [6.07, 6.45) is 6.79. The molecule has 0 saturated carbocycles. The van der Waals surface area contributed by atoms with Crippen LogP contribution in [-0.4, -0.2) is 60.5 Å². The van der Waals surface area contributed by atoms with Crippen LogP contribution in [0.15, 0.2) is 83.5 Å². The summed E-state index contributed by atoms with van der Waals surface area (Å²) in [6, 6.07) is 8.93. The van der Waals surface area contributed by atoms with Crippen LogP contribution in [0.1, 0.15) is 143 Å². The summed E-state index contributed by atoms with van der Waals surface area (Å²) in [5.74, 6) is 0.0784. The van der Waals surface area contributed by atoms with Gasteiger partial charge >= 0.3 is 23.8 Å². The van der Waals surface area contributed by atoms with Crippen LogP contribution in [0.4, 0.5) is 5.88 Å². The maximum absolute atomic E-state index is 11.0. The molecule has 0 aromatic carbocycles. The SMILES string of the molecule is CC(C)c1coc(C=O)c1.CC(C)c1coc(CO)c1.COC(=O)c1cc(C(C)(C)[N+](=O)[O-])co1.COC(=O)c1cc(C(C)C)co1.COC(=O)c1ccc([N+](=O)[O-])o1. The Labute approximate surface area is 339 Å². The normalized spacial score (nSPS) is 10.4. The van der Waals surface area contributed by atoms with Gasteiger partial charge in [-0.3, -0.25) is 25.0 Å². The Bertz CT molecular complexity index is 2090. The van der Waals surface area contributed by atoms with Crippen LogP contribution < -0.4 is 0 Å². The predicted octanol–water partition coefficient (Wildman–Crippen LogP) is 8.85. The van der Waals surface area contributed by atoms with E-state index in [4.69, 9.17) is 22.8 Å². The third-order valence-electron chi connectivity index (χ3n) is 7.90. The first-order chi connectivity index (χ1) is 27.7. The molecule has 0 atom stereocenters. The first kappa shape index (κ1) is 50.3. The van der Waals surface area contributed by atoms with Gasteiger partial charge in [-0.05, 0) is 58.7 Å². The number of aliphatic hydroxyl groups excluding tert-OH is 1. The van der Waals surface area contributed by atoms with E-state index in [0.29, 0.717) is 41.1 Å². The maximum atomic E-state index is 11.0. The summed E-state index contributed by atoms with van der Waals surface area (Å²) in [5, 5.41) is 29.4. The zero-order valence-corrected chi connectivity index (χ0v) is 34.7. The molecule has 19 nitrogen and oxygen atoms in total. The molecule has 0 aliphatic rings. The van der Waals surface area contributed by atoms with Gasteiger partial charge in [0.25, 0.3) is 0 Å². The van der Waals surface area contributed by atoms with E-state index in [1.807, 2.05) is 19.9 Å². The fourth-order valence-electron chi connectivity index (χ4n) is 3.98. The van der Waals surface area contributed by atoms with Gasteiger partial charge in [-0.2, -0.15) is 0 Å². The Morgan fingerprint density at radius 1 is 0.695 bits per heavy atom. The van der Waals surface area contributed by atoms with Crippen molar-refractivity contribution >= 4 is 30.1 Å². The highest BCUT2D eigenvalue weighted by Gasteiger charge is 2.35. The fourth-order valence-corrected chi connectivity index (χ4v) is 3.98. The number of aliphatic hydroxyl groups is 1. The topological polar surface area (TPSA) is 268 Å². The van der Waals surface area contributed by atoms with Gasteiger partial charge in [-0.15, -0.1) is 0 Å². The summed E-state index contributed by atoms with van der Waals surface area (Å²) in [5.41, 5.74) is 2.27. The fraction of sp³-hybridized carbons (Fsp3) is 0.400. The van der Waals surface area contributed by atoms with Crippen LogP contribution >= 0.6 is 0 Å². The molecule has 0 radical (unpaired) electrons. The first-order valence-electron chi connectivity index (χ1n) is 17.7. The van der Waals surface area contributed by atoms with E-state index in [0.717, 1.165) is 29.9 Å². The third kappa shape index (κ3) is 16.0. The Hall–Kier alpha value is -6.76. The molecular formula is C40H50N2O17. The highest BCUT2D eigenvalue weighted by atomic mass is 16.7. The number of carbonyl (C=O) groups is 4. The highest BCUT2D eigenvalue weighted by Crippen LogP contribution is 2.26. The lowest BCUT2D eigenvalue weighted by molar-refractivity contribution is -0.569. The van der Waals surface area contributed by atoms with Gasteiger partial charge in [0.15, 0.2) is 12.0 Å². The van der Waals surface area contributed by atoms with E-state index in [9.17, 15) is 39.4 Å². The van der Waals surface area contributed by atoms with Crippen molar-refractivity contribution in [1.29, 1.82) is 0 Å². The van der Waals surface area contributed by atoms with E-state index in [-0.39, 0.29) is 23.9 Å². The zero-order chi connectivity index (χ0) is 45.0. The Kier molecular flexibility index (Phi) is 20.5. The second-order valence-corrected chi connectivity index (χ2v) is 13.5. The average Bonchev–Trinajstić information content (AvgIpc) is 4.07. The molecule has 19 heteroatoms. The summed E-state index contributed by atoms with van der Waals surface area (Å²) in [7, 11) is 3.71. The first-order valence-corrected chi connectivity index (χ1v) is 17.7. The molecule has 59 heavy (non-hydrogen) atoms. The van der Waals surface area contributed by atoms with E-state index in [2.05, 4.69) is 46.3 Å². The summed E-state index contributed by atoms with van der Waals surface area (Å²) < 4.78 is 37.5. The van der Waals surface area contributed by atoms with Crippen LogP contribution in [0.25, 0.3) is 0 Å². The molecule has 5 heterocycles. The summed E-state index contributed by atoms with van der Waals surface area (Å²) >= 11 is 0. The smallest absolute Gasteiger partial charge is 0.433 e. The van der Waals surface area contributed by atoms with Gasteiger partial charge in [0, 0.05) is 24.8 Å². The number of carbonyl (C=O) groups excluding carboxylic acids is 4. The number of esters is 3. The lowest BCUT2D eigenvalue weighted by atomic mass is 9.98. The van der Waals surface area contributed by atoms with Gasteiger partial charge in [-0.1, -0.05) is 41.5 Å². The van der Waals surface area contributed by atoms with E-state index in [1.54, 1.807) is 30.9 Å². The number of aldehydes is 1.